The van der Waals surface area contributed by atoms with Crippen molar-refractivity contribution in [3.05, 3.63) is 188 Å². The summed E-state index contributed by atoms with van der Waals surface area (Å²) >= 11 is 1.87. The molecule has 0 unspecified atom stereocenters. The molecular formula is C54H43BN2O2S. The van der Waals surface area contributed by atoms with Crippen LogP contribution in [0.1, 0.15) is 27.7 Å². The van der Waals surface area contributed by atoms with Crippen molar-refractivity contribution in [1.82, 2.24) is 4.57 Å². The number of hydrogen-bond donors (Lipinski definition) is 0. The Morgan fingerprint density at radius 2 is 1.03 bits per heavy atom. The van der Waals surface area contributed by atoms with Crippen LogP contribution in [0.25, 0.3) is 69.9 Å². The average Bonchev–Trinajstić information content (AvgIpc) is 3.89. The van der Waals surface area contributed by atoms with Crippen molar-refractivity contribution in [1.29, 1.82) is 0 Å². The van der Waals surface area contributed by atoms with Crippen molar-refractivity contribution in [3.63, 3.8) is 0 Å². The summed E-state index contributed by atoms with van der Waals surface area (Å²) in [5.74, 6) is 0. The maximum atomic E-state index is 6.33. The lowest BCUT2D eigenvalue weighted by atomic mass is 9.78. The molecule has 1 aliphatic heterocycles. The standard InChI is InChI=1S/C54H43BN2O2S/c1-53(2)54(3,4)59-55(58-53)39-29-27-37(28-30-39)36-23-25-38(26-24-36)46-34-43(35-48-45-20-12-14-22-51(45)60-52(46)48)56(40-15-7-5-8-16-40)42-31-32-50-47(33-42)44-19-11-13-21-49(44)57(50)41-17-9-6-10-18-41/h5-35H,1-4H3. The number of nitrogens with zero attached hydrogens (tertiary/aromatic N) is 2. The van der Waals surface area contributed by atoms with Gasteiger partial charge in [-0.05, 0) is 117 Å². The zero-order chi connectivity index (χ0) is 40.6. The van der Waals surface area contributed by atoms with Crippen LogP contribution in [0.4, 0.5) is 17.1 Å². The van der Waals surface area contributed by atoms with Crippen LogP contribution in [0, 0.1) is 0 Å². The maximum absolute atomic E-state index is 6.33. The molecule has 0 N–H and O–H groups in total. The second-order valence-electron chi connectivity index (χ2n) is 16.8. The quantitative estimate of drug-likeness (QED) is 0.150. The first-order valence-electron chi connectivity index (χ1n) is 20.7. The zero-order valence-corrected chi connectivity index (χ0v) is 34.9. The number of fused-ring (bicyclic) bond motifs is 6. The highest BCUT2D eigenvalue weighted by Crippen LogP contribution is 2.47. The van der Waals surface area contributed by atoms with Gasteiger partial charge in [0.05, 0.1) is 22.2 Å². The summed E-state index contributed by atoms with van der Waals surface area (Å²) in [6.07, 6.45) is 0. The predicted molar refractivity (Wildman–Crippen MR) is 255 cm³/mol. The van der Waals surface area contributed by atoms with Crippen LogP contribution >= 0.6 is 11.3 Å². The zero-order valence-electron chi connectivity index (χ0n) is 34.1. The summed E-state index contributed by atoms with van der Waals surface area (Å²) in [6.45, 7) is 8.37. The van der Waals surface area contributed by atoms with E-state index in [0.717, 1.165) is 39.3 Å². The largest absolute Gasteiger partial charge is 0.494 e. The van der Waals surface area contributed by atoms with E-state index in [9.17, 15) is 0 Å². The molecule has 1 saturated heterocycles. The lowest BCUT2D eigenvalue weighted by Gasteiger charge is -2.32. The van der Waals surface area contributed by atoms with Gasteiger partial charge in [0, 0.05) is 59.3 Å². The minimum Gasteiger partial charge on any atom is -0.399 e. The Bertz CT molecular complexity index is 3190. The van der Waals surface area contributed by atoms with E-state index in [1.165, 1.54) is 53.1 Å². The van der Waals surface area contributed by atoms with Crippen LogP contribution in [0.3, 0.4) is 0 Å². The smallest absolute Gasteiger partial charge is 0.399 e. The van der Waals surface area contributed by atoms with Crippen LogP contribution in [0.15, 0.2) is 188 Å². The van der Waals surface area contributed by atoms with E-state index in [1.54, 1.807) is 0 Å². The number of thiophene rings is 1. The van der Waals surface area contributed by atoms with E-state index in [-0.39, 0.29) is 18.3 Å². The predicted octanol–water partition coefficient (Wildman–Crippen LogP) is 14.3. The van der Waals surface area contributed by atoms with Crippen LogP contribution in [0.2, 0.25) is 0 Å². The summed E-state index contributed by atoms with van der Waals surface area (Å²) in [7, 11) is -0.380. The SMILES string of the molecule is CC1(C)OB(c2ccc(-c3ccc(-c4cc(N(c5ccccc5)c5ccc6c(c5)c5ccccc5n6-c5ccccc5)cc5c4sc4ccccc45)cc3)cc2)OC1(C)C. The Morgan fingerprint density at radius 1 is 0.467 bits per heavy atom. The Labute approximate surface area is 355 Å². The van der Waals surface area contributed by atoms with Gasteiger partial charge in [-0.3, -0.25) is 0 Å². The van der Waals surface area contributed by atoms with Crippen LogP contribution in [-0.2, 0) is 9.31 Å². The molecule has 3 heterocycles. The Kier molecular flexibility index (Phi) is 8.61. The molecule has 0 spiro atoms. The fourth-order valence-corrected chi connectivity index (χ4v) is 10.0. The molecule has 10 aromatic rings. The lowest BCUT2D eigenvalue weighted by Crippen LogP contribution is -2.41. The number of para-hydroxylation sites is 3. The van der Waals surface area contributed by atoms with Gasteiger partial charge in [-0.2, -0.15) is 0 Å². The molecule has 0 aliphatic carbocycles. The van der Waals surface area contributed by atoms with Crippen LogP contribution < -0.4 is 10.4 Å². The molecule has 2 aromatic heterocycles. The number of anilines is 3. The maximum Gasteiger partial charge on any atom is 0.494 e. The molecular weight excluding hydrogens is 751 g/mol. The highest BCUT2D eigenvalue weighted by atomic mass is 32.1. The van der Waals surface area contributed by atoms with Gasteiger partial charge < -0.3 is 18.8 Å². The topological polar surface area (TPSA) is 26.6 Å². The molecule has 60 heavy (non-hydrogen) atoms. The molecule has 0 saturated carbocycles. The van der Waals surface area contributed by atoms with Crippen molar-refractivity contribution in [2.45, 2.75) is 38.9 Å². The third-order valence-corrected chi connectivity index (χ3v) is 13.8. The van der Waals surface area contributed by atoms with E-state index in [1.807, 2.05) is 11.3 Å². The second kappa shape index (κ2) is 14.1. The summed E-state index contributed by atoms with van der Waals surface area (Å²) in [5.41, 5.74) is 11.8. The van der Waals surface area contributed by atoms with E-state index in [2.05, 4.69) is 225 Å². The van der Waals surface area contributed by atoms with Crippen molar-refractivity contribution >= 4 is 83.0 Å². The van der Waals surface area contributed by atoms with Crippen molar-refractivity contribution < 1.29 is 9.31 Å². The van der Waals surface area contributed by atoms with E-state index in [0.29, 0.717) is 0 Å². The first-order chi connectivity index (χ1) is 29.2. The van der Waals surface area contributed by atoms with Gasteiger partial charge in [0.15, 0.2) is 0 Å². The molecule has 11 rings (SSSR count). The Balaban J connectivity index is 1.03. The molecule has 1 fully saturated rings. The third kappa shape index (κ3) is 6.05. The Morgan fingerprint density at radius 3 is 1.75 bits per heavy atom. The summed E-state index contributed by atoms with van der Waals surface area (Å²) in [4.78, 5) is 2.42. The lowest BCUT2D eigenvalue weighted by molar-refractivity contribution is 0.00578. The highest BCUT2D eigenvalue weighted by molar-refractivity contribution is 7.26. The molecule has 290 valence electrons. The minimum atomic E-state index is -0.380. The average molecular weight is 795 g/mol. The van der Waals surface area contributed by atoms with Crippen molar-refractivity contribution in [3.8, 4) is 27.9 Å². The molecule has 6 heteroatoms. The highest BCUT2D eigenvalue weighted by Gasteiger charge is 2.51. The molecule has 0 bridgehead atoms. The normalized spacial score (nSPS) is 14.8. The number of hydrogen-bond acceptors (Lipinski definition) is 4. The van der Waals surface area contributed by atoms with E-state index < -0.39 is 0 Å². The third-order valence-electron chi connectivity index (χ3n) is 12.6. The van der Waals surface area contributed by atoms with Gasteiger partial charge in [0.2, 0.25) is 0 Å². The molecule has 0 atom stereocenters. The molecule has 1 aliphatic rings. The molecule has 0 radical (unpaired) electrons. The first kappa shape index (κ1) is 36.6. The monoisotopic (exact) mass is 794 g/mol. The van der Waals surface area contributed by atoms with Gasteiger partial charge in [-0.25, -0.2) is 0 Å². The number of aromatic nitrogens is 1. The second-order valence-corrected chi connectivity index (χ2v) is 17.9. The fourth-order valence-electron chi connectivity index (χ4n) is 8.79. The van der Waals surface area contributed by atoms with Crippen LogP contribution in [-0.4, -0.2) is 22.9 Å². The molecule has 8 aromatic carbocycles. The Hall–Kier alpha value is -6.44. The number of benzene rings is 8. The number of rotatable bonds is 7. The summed E-state index contributed by atoms with van der Waals surface area (Å²) in [6, 6.07) is 68.3. The van der Waals surface area contributed by atoms with Gasteiger partial charge >= 0.3 is 7.12 Å². The summed E-state index contributed by atoms with van der Waals surface area (Å²) < 4.78 is 17.6. The van der Waals surface area contributed by atoms with E-state index >= 15 is 0 Å². The fraction of sp³-hybridized carbons (Fsp3) is 0.111. The minimum absolute atomic E-state index is 0.376. The van der Waals surface area contributed by atoms with Gasteiger partial charge in [-0.15, -0.1) is 11.3 Å². The molecule has 0 amide bonds. The van der Waals surface area contributed by atoms with Gasteiger partial charge in [0.25, 0.3) is 0 Å². The molecule has 4 nitrogen and oxygen atoms in total. The van der Waals surface area contributed by atoms with Crippen molar-refractivity contribution in [2.24, 2.45) is 0 Å². The van der Waals surface area contributed by atoms with Gasteiger partial charge in [0.1, 0.15) is 0 Å². The van der Waals surface area contributed by atoms with Crippen molar-refractivity contribution in [2.75, 3.05) is 4.90 Å². The first-order valence-corrected chi connectivity index (χ1v) is 21.5. The summed E-state index contributed by atoms with van der Waals surface area (Å²) in [5, 5.41) is 4.98. The van der Waals surface area contributed by atoms with Crippen LogP contribution in [0.5, 0.6) is 0 Å². The van der Waals surface area contributed by atoms with E-state index in [4.69, 9.17) is 9.31 Å². The van der Waals surface area contributed by atoms with Gasteiger partial charge in [-0.1, -0.05) is 121 Å².